The van der Waals surface area contributed by atoms with Gasteiger partial charge in [0.25, 0.3) is 0 Å². The van der Waals surface area contributed by atoms with Crippen LogP contribution >= 0.6 is 0 Å². The molecule has 0 saturated heterocycles. The topological polar surface area (TPSA) is 38.7 Å². The molecule has 1 fully saturated rings. The molecular weight excluding hydrogens is 300 g/mol. The van der Waals surface area contributed by atoms with Gasteiger partial charge in [0.15, 0.2) is 0 Å². The lowest BCUT2D eigenvalue weighted by Crippen LogP contribution is -2.46. The fourth-order valence-corrected chi connectivity index (χ4v) is 3.35. The molecular formula is C21H26O3. The van der Waals surface area contributed by atoms with Crippen molar-refractivity contribution in [2.24, 2.45) is 5.92 Å². The largest absolute Gasteiger partial charge is 0.390 e. The Morgan fingerprint density at radius 3 is 1.96 bits per heavy atom. The van der Waals surface area contributed by atoms with Crippen LogP contribution in [0.2, 0.25) is 0 Å². The molecule has 0 heterocycles. The predicted molar refractivity (Wildman–Crippen MR) is 94.4 cm³/mol. The molecule has 0 bridgehead atoms. The summed E-state index contributed by atoms with van der Waals surface area (Å²) in [5.41, 5.74) is 2.26. The minimum absolute atomic E-state index is 0.0762. The standard InChI is InChI=1S/C21H26O3/c1-16-12-19(22)21(24-15-18-10-6-3-7-11-18)20(13-16)23-14-17-8-4-2-5-9-17/h2-11,16,19-22H,12-15H2,1H3/t16?,19-,20-,21-/m1/s1. The van der Waals surface area contributed by atoms with Crippen molar-refractivity contribution >= 4 is 0 Å². The smallest absolute Gasteiger partial charge is 0.110 e. The van der Waals surface area contributed by atoms with Gasteiger partial charge in [-0.3, -0.25) is 0 Å². The summed E-state index contributed by atoms with van der Waals surface area (Å²) < 4.78 is 12.2. The van der Waals surface area contributed by atoms with Gasteiger partial charge in [0.1, 0.15) is 6.10 Å². The molecule has 0 aromatic heterocycles. The van der Waals surface area contributed by atoms with E-state index in [-0.39, 0.29) is 12.2 Å². The predicted octanol–water partition coefficient (Wildman–Crippen LogP) is 3.95. The molecule has 1 saturated carbocycles. The molecule has 4 atom stereocenters. The van der Waals surface area contributed by atoms with Gasteiger partial charge in [0.05, 0.1) is 25.4 Å². The molecule has 2 aromatic rings. The fourth-order valence-electron chi connectivity index (χ4n) is 3.35. The van der Waals surface area contributed by atoms with Gasteiger partial charge in [-0.25, -0.2) is 0 Å². The van der Waals surface area contributed by atoms with Crippen LogP contribution in [0.3, 0.4) is 0 Å². The molecule has 2 aromatic carbocycles. The molecule has 24 heavy (non-hydrogen) atoms. The van der Waals surface area contributed by atoms with Gasteiger partial charge in [-0.05, 0) is 29.9 Å². The molecule has 0 aliphatic heterocycles. The molecule has 0 spiro atoms. The molecule has 1 unspecified atom stereocenters. The lowest BCUT2D eigenvalue weighted by atomic mass is 9.84. The Morgan fingerprint density at radius 1 is 0.833 bits per heavy atom. The Bertz CT molecular complexity index is 599. The first kappa shape index (κ1) is 17.2. The van der Waals surface area contributed by atoms with Crippen molar-refractivity contribution in [1.29, 1.82) is 0 Å². The van der Waals surface area contributed by atoms with Gasteiger partial charge >= 0.3 is 0 Å². The van der Waals surface area contributed by atoms with Crippen LogP contribution in [0.1, 0.15) is 30.9 Å². The molecule has 0 radical (unpaired) electrons. The molecule has 1 aliphatic carbocycles. The first-order valence-electron chi connectivity index (χ1n) is 8.71. The average molecular weight is 326 g/mol. The maximum absolute atomic E-state index is 10.5. The van der Waals surface area contributed by atoms with Crippen molar-refractivity contribution in [2.75, 3.05) is 0 Å². The molecule has 1 aliphatic rings. The van der Waals surface area contributed by atoms with E-state index in [1.807, 2.05) is 48.5 Å². The van der Waals surface area contributed by atoms with Crippen molar-refractivity contribution in [3.8, 4) is 0 Å². The average Bonchev–Trinajstić information content (AvgIpc) is 2.61. The highest BCUT2D eigenvalue weighted by Crippen LogP contribution is 2.30. The van der Waals surface area contributed by atoms with Gasteiger partial charge in [-0.1, -0.05) is 67.6 Å². The van der Waals surface area contributed by atoms with E-state index in [9.17, 15) is 5.11 Å². The normalized spacial score (nSPS) is 27.1. The van der Waals surface area contributed by atoms with E-state index in [1.54, 1.807) is 0 Å². The highest BCUT2D eigenvalue weighted by molar-refractivity contribution is 5.14. The summed E-state index contributed by atoms with van der Waals surface area (Å²) in [6.07, 6.45) is 0.865. The van der Waals surface area contributed by atoms with Crippen LogP contribution in [0, 0.1) is 5.92 Å². The molecule has 3 nitrogen and oxygen atoms in total. The second-order valence-corrected chi connectivity index (χ2v) is 6.74. The van der Waals surface area contributed by atoms with Crippen molar-refractivity contribution in [1.82, 2.24) is 0 Å². The van der Waals surface area contributed by atoms with Crippen molar-refractivity contribution in [3.63, 3.8) is 0 Å². The molecule has 128 valence electrons. The van der Waals surface area contributed by atoms with Gasteiger partial charge in [-0.2, -0.15) is 0 Å². The number of benzene rings is 2. The minimum atomic E-state index is -0.474. The Morgan fingerprint density at radius 2 is 1.38 bits per heavy atom. The summed E-state index contributed by atoms with van der Waals surface area (Å²) in [5.74, 6) is 0.442. The van der Waals surface area contributed by atoms with E-state index in [1.165, 1.54) is 0 Å². The third-order valence-electron chi connectivity index (χ3n) is 4.62. The van der Waals surface area contributed by atoms with Crippen molar-refractivity contribution < 1.29 is 14.6 Å². The number of hydrogen-bond acceptors (Lipinski definition) is 3. The highest BCUT2D eigenvalue weighted by Gasteiger charge is 2.37. The van der Waals surface area contributed by atoms with Gasteiger partial charge in [0, 0.05) is 0 Å². The van der Waals surface area contributed by atoms with Crippen LogP contribution < -0.4 is 0 Å². The summed E-state index contributed by atoms with van der Waals surface area (Å²) >= 11 is 0. The minimum Gasteiger partial charge on any atom is -0.390 e. The summed E-state index contributed by atoms with van der Waals surface area (Å²) in [6.45, 7) is 3.22. The zero-order valence-corrected chi connectivity index (χ0v) is 14.2. The van der Waals surface area contributed by atoms with E-state index in [0.717, 1.165) is 24.0 Å². The van der Waals surface area contributed by atoms with Gasteiger partial charge in [0.2, 0.25) is 0 Å². The molecule has 1 N–H and O–H groups in total. The highest BCUT2D eigenvalue weighted by atomic mass is 16.5. The lowest BCUT2D eigenvalue weighted by Gasteiger charge is -2.38. The lowest BCUT2D eigenvalue weighted by molar-refractivity contribution is -0.159. The third kappa shape index (κ3) is 4.67. The monoisotopic (exact) mass is 326 g/mol. The number of aliphatic hydroxyl groups excluding tert-OH is 1. The Balaban J connectivity index is 1.61. The molecule has 3 rings (SSSR count). The van der Waals surface area contributed by atoms with E-state index in [2.05, 4.69) is 19.1 Å². The molecule has 3 heteroatoms. The summed E-state index contributed by atoms with van der Waals surface area (Å²) in [6, 6.07) is 20.2. The van der Waals surface area contributed by atoms with E-state index in [4.69, 9.17) is 9.47 Å². The van der Waals surface area contributed by atoms with Crippen LogP contribution in [0.4, 0.5) is 0 Å². The fraction of sp³-hybridized carbons (Fsp3) is 0.429. The molecule has 0 amide bonds. The van der Waals surface area contributed by atoms with Gasteiger partial charge < -0.3 is 14.6 Å². The SMILES string of the molecule is CC1C[C@@H](O)[C@@H](OCc2ccccc2)[C@H](OCc2ccccc2)C1. The van der Waals surface area contributed by atoms with Crippen LogP contribution in [0.5, 0.6) is 0 Å². The van der Waals surface area contributed by atoms with Crippen LogP contribution in [0.15, 0.2) is 60.7 Å². The quantitative estimate of drug-likeness (QED) is 0.873. The zero-order chi connectivity index (χ0) is 16.8. The third-order valence-corrected chi connectivity index (χ3v) is 4.62. The Kier molecular flexibility index (Phi) is 6.02. The first-order chi connectivity index (χ1) is 11.7. The van der Waals surface area contributed by atoms with Crippen LogP contribution in [-0.2, 0) is 22.7 Å². The Hall–Kier alpha value is -1.68. The number of hydrogen-bond donors (Lipinski definition) is 1. The first-order valence-corrected chi connectivity index (χ1v) is 8.71. The maximum atomic E-state index is 10.5. The van der Waals surface area contributed by atoms with Crippen LogP contribution in [-0.4, -0.2) is 23.4 Å². The van der Waals surface area contributed by atoms with E-state index in [0.29, 0.717) is 19.1 Å². The second-order valence-electron chi connectivity index (χ2n) is 6.74. The summed E-state index contributed by atoms with van der Waals surface area (Å²) in [4.78, 5) is 0. The summed E-state index contributed by atoms with van der Waals surface area (Å²) in [5, 5.41) is 10.5. The van der Waals surface area contributed by atoms with E-state index < -0.39 is 6.10 Å². The number of aliphatic hydroxyl groups is 1. The summed E-state index contributed by atoms with van der Waals surface area (Å²) in [7, 11) is 0. The van der Waals surface area contributed by atoms with Crippen molar-refractivity contribution in [3.05, 3.63) is 71.8 Å². The van der Waals surface area contributed by atoms with E-state index >= 15 is 0 Å². The van der Waals surface area contributed by atoms with Crippen LogP contribution in [0.25, 0.3) is 0 Å². The maximum Gasteiger partial charge on any atom is 0.110 e. The zero-order valence-electron chi connectivity index (χ0n) is 14.2. The second kappa shape index (κ2) is 8.43. The number of rotatable bonds is 6. The number of ether oxygens (including phenoxy) is 2. The van der Waals surface area contributed by atoms with Crippen molar-refractivity contribution in [2.45, 2.75) is 51.3 Å². The van der Waals surface area contributed by atoms with Gasteiger partial charge in [-0.15, -0.1) is 0 Å². The Labute approximate surface area is 144 Å².